The fraction of sp³-hybridized carbons (Fsp3) is 0.375. The van der Waals surface area contributed by atoms with E-state index in [1.165, 1.54) is 18.2 Å². The zero-order valence-electron chi connectivity index (χ0n) is 17.7. The highest BCUT2D eigenvalue weighted by atomic mass is 19.4. The van der Waals surface area contributed by atoms with Crippen molar-refractivity contribution < 1.29 is 27.4 Å². The van der Waals surface area contributed by atoms with Crippen LogP contribution in [-0.2, 0) is 0 Å². The van der Waals surface area contributed by atoms with Crippen LogP contribution in [-0.4, -0.2) is 44.4 Å². The standard InChI is InChI=1S/C24H27F3N2O3/c25-24(26,27)17-32-20-11-12-22(31-14-6-9-18-7-2-1-3-8-18)21(15-20)23(30)29-16-19-10-4-5-13-28-19/h1-3,6-9,11-12,15,19,28H,4-5,10,13-14,16-17H2,(H,29,30)/b9-6+. The van der Waals surface area contributed by atoms with Gasteiger partial charge in [-0.25, -0.2) is 0 Å². The maximum atomic E-state index is 12.8. The van der Waals surface area contributed by atoms with E-state index in [1.54, 1.807) is 6.08 Å². The first-order chi connectivity index (χ1) is 15.4. The number of benzene rings is 2. The maximum absolute atomic E-state index is 12.8. The minimum absolute atomic E-state index is 0.0459. The average Bonchev–Trinajstić information content (AvgIpc) is 2.80. The summed E-state index contributed by atoms with van der Waals surface area (Å²) in [7, 11) is 0. The fourth-order valence-electron chi connectivity index (χ4n) is 3.36. The fourth-order valence-corrected chi connectivity index (χ4v) is 3.36. The molecule has 1 unspecified atom stereocenters. The molecule has 0 bridgehead atoms. The smallest absolute Gasteiger partial charge is 0.422 e. The second kappa shape index (κ2) is 11.6. The molecule has 0 radical (unpaired) electrons. The lowest BCUT2D eigenvalue weighted by molar-refractivity contribution is -0.153. The van der Waals surface area contributed by atoms with E-state index in [4.69, 9.17) is 9.47 Å². The predicted molar refractivity (Wildman–Crippen MR) is 117 cm³/mol. The SMILES string of the molecule is O=C(NCC1CCCCN1)c1cc(OCC(F)(F)F)ccc1OC/C=C/c1ccccc1. The van der Waals surface area contributed by atoms with Gasteiger partial charge in [-0.05, 0) is 49.2 Å². The van der Waals surface area contributed by atoms with Crippen LogP contribution in [0.4, 0.5) is 13.2 Å². The van der Waals surface area contributed by atoms with Gasteiger partial charge in [0.2, 0.25) is 0 Å². The van der Waals surface area contributed by atoms with E-state index >= 15 is 0 Å². The van der Waals surface area contributed by atoms with Gasteiger partial charge in [-0.3, -0.25) is 4.79 Å². The molecule has 1 saturated heterocycles. The largest absolute Gasteiger partial charge is 0.489 e. The number of halogens is 3. The molecule has 32 heavy (non-hydrogen) atoms. The van der Waals surface area contributed by atoms with Crippen LogP contribution in [0.3, 0.4) is 0 Å². The average molecular weight is 448 g/mol. The summed E-state index contributed by atoms with van der Waals surface area (Å²) in [5.74, 6) is -0.191. The number of carbonyl (C=O) groups is 1. The second-order valence-electron chi connectivity index (χ2n) is 7.54. The van der Waals surface area contributed by atoms with E-state index in [0.29, 0.717) is 6.54 Å². The van der Waals surface area contributed by atoms with Crippen LogP contribution >= 0.6 is 0 Å². The van der Waals surface area contributed by atoms with E-state index in [9.17, 15) is 18.0 Å². The normalized spacial score (nSPS) is 16.7. The van der Waals surface area contributed by atoms with Gasteiger partial charge in [-0.2, -0.15) is 13.2 Å². The molecule has 0 aromatic heterocycles. The van der Waals surface area contributed by atoms with Gasteiger partial charge in [0.15, 0.2) is 6.61 Å². The lowest BCUT2D eigenvalue weighted by Gasteiger charge is -2.23. The van der Waals surface area contributed by atoms with Crippen molar-refractivity contribution in [2.75, 3.05) is 26.3 Å². The Morgan fingerprint density at radius 3 is 2.66 bits per heavy atom. The Morgan fingerprint density at radius 2 is 1.94 bits per heavy atom. The second-order valence-corrected chi connectivity index (χ2v) is 7.54. The maximum Gasteiger partial charge on any atom is 0.422 e. The molecule has 1 fully saturated rings. The summed E-state index contributed by atoms with van der Waals surface area (Å²) in [6, 6.07) is 13.9. The third kappa shape index (κ3) is 7.92. The molecule has 3 rings (SSSR count). The van der Waals surface area contributed by atoms with Crippen LogP contribution in [0.15, 0.2) is 54.6 Å². The number of nitrogens with one attached hydrogen (secondary N) is 2. The number of hydrogen-bond donors (Lipinski definition) is 2. The number of piperidine rings is 1. The molecule has 172 valence electrons. The Kier molecular flexibility index (Phi) is 8.56. The Hall–Kier alpha value is -3.00. The quantitative estimate of drug-likeness (QED) is 0.589. The number of carbonyl (C=O) groups excluding carboxylic acids is 1. The molecule has 0 aliphatic carbocycles. The number of ether oxygens (including phenoxy) is 2. The molecule has 1 aliphatic heterocycles. The summed E-state index contributed by atoms with van der Waals surface area (Å²) in [5, 5.41) is 6.19. The predicted octanol–water partition coefficient (Wildman–Crippen LogP) is 4.59. The van der Waals surface area contributed by atoms with Gasteiger partial charge in [0.25, 0.3) is 5.91 Å². The molecule has 1 atom stereocenters. The Labute approximate surface area is 185 Å². The van der Waals surface area contributed by atoms with E-state index in [0.717, 1.165) is 31.4 Å². The third-order valence-electron chi connectivity index (χ3n) is 4.96. The van der Waals surface area contributed by atoms with Gasteiger partial charge < -0.3 is 20.1 Å². The first kappa shape index (κ1) is 23.7. The van der Waals surface area contributed by atoms with Gasteiger partial charge in [0, 0.05) is 12.6 Å². The first-order valence-corrected chi connectivity index (χ1v) is 10.6. The van der Waals surface area contributed by atoms with E-state index in [2.05, 4.69) is 10.6 Å². The molecule has 1 aliphatic rings. The molecule has 2 aromatic carbocycles. The summed E-state index contributed by atoms with van der Waals surface area (Å²) in [6.07, 6.45) is 2.38. The van der Waals surface area contributed by atoms with Crippen LogP contribution < -0.4 is 20.1 Å². The molecule has 2 N–H and O–H groups in total. The van der Waals surface area contributed by atoms with Crippen molar-refractivity contribution in [2.24, 2.45) is 0 Å². The highest BCUT2D eigenvalue weighted by molar-refractivity contribution is 5.97. The molecule has 0 saturated carbocycles. The van der Waals surface area contributed by atoms with Crippen LogP contribution in [0.1, 0.15) is 35.2 Å². The Bertz CT molecular complexity index is 895. The van der Waals surface area contributed by atoms with Gasteiger partial charge in [0.05, 0.1) is 5.56 Å². The topological polar surface area (TPSA) is 59.6 Å². The molecule has 0 spiro atoms. The molecule has 8 heteroatoms. The summed E-state index contributed by atoms with van der Waals surface area (Å²) in [6.45, 7) is 0.103. The molecule has 2 aromatic rings. The summed E-state index contributed by atoms with van der Waals surface area (Å²) in [4.78, 5) is 12.8. The zero-order valence-corrected chi connectivity index (χ0v) is 17.7. The van der Waals surface area contributed by atoms with Crippen molar-refractivity contribution in [1.82, 2.24) is 10.6 Å². The monoisotopic (exact) mass is 448 g/mol. The summed E-state index contributed by atoms with van der Waals surface area (Å²) < 4.78 is 48.1. The van der Waals surface area contributed by atoms with Crippen molar-refractivity contribution in [1.29, 1.82) is 0 Å². The zero-order chi connectivity index (χ0) is 22.8. The lowest BCUT2D eigenvalue weighted by Crippen LogP contribution is -2.43. The molecular weight excluding hydrogens is 421 g/mol. The Morgan fingerprint density at radius 1 is 1.12 bits per heavy atom. The molecular formula is C24H27F3N2O3. The van der Waals surface area contributed by atoms with Gasteiger partial charge in [-0.1, -0.05) is 42.8 Å². The summed E-state index contributed by atoms with van der Waals surface area (Å²) in [5.41, 5.74) is 1.14. The molecule has 5 nitrogen and oxygen atoms in total. The van der Waals surface area contributed by atoms with Crippen molar-refractivity contribution >= 4 is 12.0 Å². The van der Waals surface area contributed by atoms with Crippen molar-refractivity contribution in [3.8, 4) is 11.5 Å². The van der Waals surface area contributed by atoms with Crippen LogP contribution in [0.5, 0.6) is 11.5 Å². The van der Waals surface area contributed by atoms with E-state index in [1.807, 2.05) is 36.4 Å². The number of alkyl halides is 3. The Balaban J connectivity index is 1.67. The number of hydrogen-bond acceptors (Lipinski definition) is 4. The lowest BCUT2D eigenvalue weighted by atomic mass is 10.0. The number of rotatable bonds is 9. The summed E-state index contributed by atoms with van der Waals surface area (Å²) >= 11 is 0. The highest BCUT2D eigenvalue weighted by Gasteiger charge is 2.28. The van der Waals surface area contributed by atoms with Crippen molar-refractivity contribution in [2.45, 2.75) is 31.5 Å². The minimum atomic E-state index is -4.47. The first-order valence-electron chi connectivity index (χ1n) is 10.6. The van der Waals surface area contributed by atoms with E-state index in [-0.39, 0.29) is 29.7 Å². The van der Waals surface area contributed by atoms with Gasteiger partial charge >= 0.3 is 6.18 Å². The van der Waals surface area contributed by atoms with E-state index < -0.39 is 18.7 Å². The van der Waals surface area contributed by atoms with Crippen LogP contribution in [0.25, 0.3) is 6.08 Å². The van der Waals surface area contributed by atoms with Gasteiger partial charge in [-0.15, -0.1) is 0 Å². The van der Waals surface area contributed by atoms with Crippen molar-refractivity contribution in [3.05, 3.63) is 65.7 Å². The highest BCUT2D eigenvalue weighted by Crippen LogP contribution is 2.26. The number of amides is 1. The third-order valence-corrected chi connectivity index (χ3v) is 4.96. The van der Waals surface area contributed by atoms with Crippen LogP contribution in [0.2, 0.25) is 0 Å². The molecule has 1 amide bonds. The molecule has 1 heterocycles. The van der Waals surface area contributed by atoms with Crippen LogP contribution in [0, 0.1) is 0 Å². The minimum Gasteiger partial charge on any atom is -0.489 e. The van der Waals surface area contributed by atoms with Crippen molar-refractivity contribution in [3.63, 3.8) is 0 Å². The van der Waals surface area contributed by atoms with Gasteiger partial charge in [0.1, 0.15) is 18.1 Å².